The van der Waals surface area contributed by atoms with Gasteiger partial charge in [-0.05, 0) is 36.4 Å². The Morgan fingerprint density at radius 3 is 2.45 bits per heavy atom. The van der Waals surface area contributed by atoms with Crippen molar-refractivity contribution in [1.29, 1.82) is 0 Å². The average Bonchev–Trinajstić information content (AvgIpc) is 3.42. The van der Waals surface area contributed by atoms with Gasteiger partial charge < -0.3 is 24.9 Å². The second-order valence-corrected chi connectivity index (χ2v) is 7.38. The smallest absolute Gasteiger partial charge is 0.318 e. The summed E-state index contributed by atoms with van der Waals surface area (Å²) in [6, 6.07) is 12.1. The molecule has 0 saturated carbocycles. The molecule has 4 rings (SSSR count). The van der Waals surface area contributed by atoms with Crippen LogP contribution in [0.5, 0.6) is 11.5 Å². The highest BCUT2D eigenvalue weighted by atomic mass is 16.6. The number of anilines is 4. The molecule has 0 aliphatic heterocycles. The zero-order valence-electron chi connectivity index (χ0n) is 19.6. The molecule has 0 saturated heterocycles. The number of rotatable bonds is 11. The zero-order chi connectivity index (χ0) is 27.1. The molecule has 0 amide bonds. The molecular formula is C22H19N9O7. The number of hydrogen-bond acceptors (Lipinski definition) is 14. The molecule has 2 aromatic carbocycles. The third kappa shape index (κ3) is 6.25. The van der Waals surface area contributed by atoms with Gasteiger partial charge in [0.2, 0.25) is 23.6 Å². The van der Waals surface area contributed by atoms with Crippen molar-refractivity contribution in [2.24, 2.45) is 5.10 Å². The van der Waals surface area contributed by atoms with Crippen LogP contribution in [0.3, 0.4) is 0 Å². The van der Waals surface area contributed by atoms with Crippen molar-refractivity contribution in [1.82, 2.24) is 15.0 Å². The fraction of sp³-hybridized carbons (Fsp3) is 0.0909. The van der Waals surface area contributed by atoms with Crippen LogP contribution in [0, 0.1) is 20.2 Å². The normalized spacial score (nSPS) is 10.8. The van der Waals surface area contributed by atoms with Gasteiger partial charge >= 0.3 is 5.69 Å². The van der Waals surface area contributed by atoms with E-state index >= 15 is 0 Å². The summed E-state index contributed by atoms with van der Waals surface area (Å²) in [7, 11) is 1.55. The number of hydrogen-bond donors (Lipinski definition) is 4. The Labute approximate surface area is 213 Å². The van der Waals surface area contributed by atoms with Crippen molar-refractivity contribution < 1.29 is 24.1 Å². The second kappa shape index (κ2) is 11.3. The van der Waals surface area contributed by atoms with E-state index in [1.807, 2.05) is 0 Å². The number of ether oxygens (including phenoxy) is 1. The Kier molecular flexibility index (Phi) is 7.52. The first-order valence-corrected chi connectivity index (χ1v) is 10.7. The Hall–Kier alpha value is -5.80. The highest BCUT2D eigenvalue weighted by Crippen LogP contribution is 2.33. The van der Waals surface area contributed by atoms with Crippen LogP contribution in [0.25, 0.3) is 0 Å². The summed E-state index contributed by atoms with van der Waals surface area (Å²) in [6.45, 7) is 0.271. The highest BCUT2D eigenvalue weighted by molar-refractivity contribution is 5.87. The molecule has 0 unspecified atom stereocenters. The molecule has 0 fully saturated rings. The van der Waals surface area contributed by atoms with E-state index in [-0.39, 0.29) is 30.0 Å². The van der Waals surface area contributed by atoms with E-state index in [0.717, 1.165) is 12.3 Å². The molecule has 2 aromatic heterocycles. The Morgan fingerprint density at radius 2 is 1.79 bits per heavy atom. The molecule has 0 spiro atoms. The van der Waals surface area contributed by atoms with E-state index in [4.69, 9.17) is 9.15 Å². The standard InChI is InChI=1S/C22H19N9O7/c1-37-16-6-4-14(5-7-16)25-21-26-20(23-12-17-3-2-8-38-17)27-22(28-21)29-24-11-13-9-15(30(33)34)10-18(19(13)32)31(35)36/h2-11,32H,12H2,1H3,(H3,23,25,26,27,28,29). The molecule has 194 valence electrons. The lowest BCUT2D eigenvalue weighted by Crippen LogP contribution is -2.09. The first-order valence-electron chi connectivity index (χ1n) is 10.7. The second-order valence-electron chi connectivity index (χ2n) is 7.38. The number of phenolic OH excluding ortho intramolecular Hbond substituents is 1. The van der Waals surface area contributed by atoms with Gasteiger partial charge in [0.05, 0.1) is 47.6 Å². The van der Waals surface area contributed by atoms with Crippen molar-refractivity contribution in [3.63, 3.8) is 0 Å². The number of aromatic nitrogens is 3. The lowest BCUT2D eigenvalue weighted by atomic mass is 10.1. The summed E-state index contributed by atoms with van der Waals surface area (Å²) in [5.74, 6) is 0.745. The first kappa shape index (κ1) is 25.3. The minimum atomic E-state index is -0.937. The summed E-state index contributed by atoms with van der Waals surface area (Å²) >= 11 is 0. The van der Waals surface area contributed by atoms with Crippen molar-refractivity contribution >= 4 is 41.1 Å². The van der Waals surface area contributed by atoms with Crippen LogP contribution in [-0.4, -0.2) is 43.2 Å². The van der Waals surface area contributed by atoms with E-state index in [9.17, 15) is 25.3 Å². The topological polar surface area (TPSA) is 216 Å². The fourth-order valence-electron chi connectivity index (χ4n) is 3.07. The molecule has 2 heterocycles. The third-order valence-corrected chi connectivity index (χ3v) is 4.86. The predicted molar refractivity (Wildman–Crippen MR) is 135 cm³/mol. The molecule has 0 radical (unpaired) electrons. The molecule has 16 nitrogen and oxygen atoms in total. The summed E-state index contributed by atoms with van der Waals surface area (Å²) in [5.41, 5.74) is 1.49. The van der Waals surface area contributed by atoms with E-state index in [0.29, 0.717) is 23.3 Å². The number of nitro groups is 2. The lowest BCUT2D eigenvalue weighted by molar-refractivity contribution is -0.394. The molecule has 0 aliphatic rings. The third-order valence-electron chi connectivity index (χ3n) is 4.86. The van der Waals surface area contributed by atoms with Crippen LogP contribution in [0.2, 0.25) is 0 Å². The molecule has 0 bridgehead atoms. The molecule has 0 aliphatic carbocycles. The maximum absolute atomic E-state index is 11.2. The quantitative estimate of drug-likeness (QED) is 0.126. The minimum absolute atomic E-state index is 0.0476. The van der Waals surface area contributed by atoms with Crippen LogP contribution in [0.4, 0.5) is 34.9 Å². The largest absolute Gasteiger partial charge is 0.502 e. The van der Waals surface area contributed by atoms with Gasteiger partial charge in [-0.2, -0.15) is 20.1 Å². The number of nitro benzene ring substituents is 2. The van der Waals surface area contributed by atoms with E-state index in [1.54, 1.807) is 43.5 Å². The highest BCUT2D eigenvalue weighted by Gasteiger charge is 2.23. The van der Waals surface area contributed by atoms with Gasteiger partial charge in [0.15, 0.2) is 0 Å². The van der Waals surface area contributed by atoms with E-state index in [2.05, 4.69) is 36.1 Å². The predicted octanol–water partition coefficient (Wildman–Crippen LogP) is 3.80. The number of hydrazone groups is 1. The van der Waals surface area contributed by atoms with Gasteiger partial charge in [-0.1, -0.05) is 0 Å². The van der Waals surface area contributed by atoms with Gasteiger partial charge in [-0.3, -0.25) is 20.2 Å². The van der Waals surface area contributed by atoms with Gasteiger partial charge in [-0.15, -0.1) is 0 Å². The maximum atomic E-state index is 11.2. The Balaban J connectivity index is 1.59. The fourth-order valence-corrected chi connectivity index (χ4v) is 3.07. The lowest BCUT2D eigenvalue weighted by Gasteiger charge is -2.10. The molecule has 4 N–H and O–H groups in total. The van der Waals surface area contributed by atoms with Gasteiger partial charge in [0.25, 0.3) is 5.69 Å². The van der Waals surface area contributed by atoms with Gasteiger partial charge in [0.1, 0.15) is 11.5 Å². The number of nitrogens with one attached hydrogen (secondary N) is 3. The average molecular weight is 521 g/mol. The van der Waals surface area contributed by atoms with Crippen molar-refractivity contribution in [3.05, 3.63) is 86.3 Å². The zero-order valence-corrected chi connectivity index (χ0v) is 19.6. The maximum Gasteiger partial charge on any atom is 0.318 e. The van der Waals surface area contributed by atoms with Crippen LogP contribution in [-0.2, 0) is 6.54 Å². The number of benzene rings is 2. The van der Waals surface area contributed by atoms with Gasteiger partial charge in [-0.25, -0.2) is 5.43 Å². The van der Waals surface area contributed by atoms with Crippen molar-refractivity contribution in [3.8, 4) is 11.5 Å². The van der Waals surface area contributed by atoms with Crippen LogP contribution in [0.1, 0.15) is 11.3 Å². The molecule has 38 heavy (non-hydrogen) atoms. The van der Waals surface area contributed by atoms with E-state index < -0.39 is 27.0 Å². The number of furan rings is 1. The first-order chi connectivity index (χ1) is 18.3. The Bertz CT molecular complexity index is 1480. The summed E-state index contributed by atoms with van der Waals surface area (Å²) in [6.07, 6.45) is 2.49. The van der Waals surface area contributed by atoms with Crippen LogP contribution < -0.4 is 20.8 Å². The summed E-state index contributed by atoms with van der Waals surface area (Å²) in [5, 5.41) is 42.3. The summed E-state index contributed by atoms with van der Waals surface area (Å²) < 4.78 is 10.4. The number of nitrogens with zero attached hydrogens (tertiary/aromatic N) is 6. The van der Waals surface area contributed by atoms with Gasteiger partial charge in [0, 0.05) is 11.8 Å². The molecular weight excluding hydrogens is 502 g/mol. The molecule has 4 aromatic rings. The summed E-state index contributed by atoms with van der Waals surface area (Å²) in [4.78, 5) is 33.3. The van der Waals surface area contributed by atoms with Crippen LogP contribution >= 0.6 is 0 Å². The van der Waals surface area contributed by atoms with Crippen molar-refractivity contribution in [2.75, 3.05) is 23.2 Å². The number of methoxy groups -OCH3 is 1. The SMILES string of the molecule is COc1ccc(Nc2nc(NCc3ccco3)nc(NN=Cc3cc([N+](=O)[O-])cc([N+](=O)[O-])c3O)n2)cc1. The number of aromatic hydroxyl groups is 1. The number of non-ortho nitro benzene ring substituents is 1. The monoisotopic (exact) mass is 521 g/mol. The van der Waals surface area contributed by atoms with Crippen molar-refractivity contribution in [2.45, 2.75) is 6.54 Å². The molecule has 16 heteroatoms. The molecule has 0 atom stereocenters. The Morgan fingerprint density at radius 1 is 1.05 bits per heavy atom. The van der Waals surface area contributed by atoms with Crippen LogP contribution in [0.15, 0.2) is 64.3 Å². The van der Waals surface area contributed by atoms with E-state index in [1.165, 1.54) is 6.26 Å². The number of phenols is 1. The minimum Gasteiger partial charge on any atom is -0.502 e.